The standard InChI is InChI=1S/C13H25NO3/c1-5-11(3)14(9-10-17-4)8-7-12(6-2)13(15)16/h7,11H,5-6,8-10H2,1-4H3,(H,15,16). The Morgan fingerprint density at radius 2 is 2.12 bits per heavy atom. The Balaban J connectivity index is 4.46. The maximum absolute atomic E-state index is 10.9. The molecule has 0 aromatic heterocycles. The minimum atomic E-state index is -0.816. The van der Waals surface area contributed by atoms with Crippen molar-refractivity contribution in [3.05, 3.63) is 11.6 Å². The van der Waals surface area contributed by atoms with Gasteiger partial charge in [0, 0.05) is 31.8 Å². The van der Waals surface area contributed by atoms with Gasteiger partial charge in [0.25, 0.3) is 0 Å². The van der Waals surface area contributed by atoms with E-state index in [0.717, 1.165) is 13.0 Å². The molecule has 0 aromatic rings. The molecule has 0 aliphatic heterocycles. The second-order valence-electron chi connectivity index (χ2n) is 4.13. The Morgan fingerprint density at radius 3 is 2.53 bits per heavy atom. The van der Waals surface area contributed by atoms with Crippen LogP contribution in [0.15, 0.2) is 11.6 Å². The van der Waals surface area contributed by atoms with E-state index in [1.165, 1.54) is 0 Å². The first-order chi connectivity index (χ1) is 8.06. The quantitative estimate of drug-likeness (QED) is 0.630. The second-order valence-corrected chi connectivity index (χ2v) is 4.13. The minimum Gasteiger partial charge on any atom is -0.478 e. The molecule has 4 heteroatoms. The summed E-state index contributed by atoms with van der Waals surface area (Å²) in [6.45, 7) is 8.32. The van der Waals surface area contributed by atoms with Gasteiger partial charge in [0.15, 0.2) is 0 Å². The van der Waals surface area contributed by atoms with Gasteiger partial charge in [-0.15, -0.1) is 0 Å². The van der Waals surface area contributed by atoms with E-state index in [1.807, 2.05) is 13.0 Å². The number of aliphatic carboxylic acids is 1. The van der Waals surface area contributed by atoms with Crippen LogP contribution in [0, 0.1) is 0 Å². The molecule has 0 saturated carbocycles. The van der Waals surface area contributed by atoms with Crippen molar-refractivity contribution in [3.8, 4) is 0 Å². The highest BCUT2D eigenvalue weighted by molar-refractivity contribution is 5.86. The van der Waals surface area contributed by atoms with Crippen LogP contribution in [0.5, 0.6) is 0 Å². The molecule has 0 amide bonds. The molecule has 4 nitrogen and oxygen atoms in total. The maximum atomic E-state index is 10.9. The first-order valence-electron chi connectivity index (χ1n) is 6.22. The number of carboxylic acids is 1. The summed E-state index contributed by atoms with van der Waals surface area (Å²) in [5.74, 6) is -0.816. The van der Waals surface area contributed by atoms with E-state index < -0.39 is 5.97 Å². The van der Waals surface area contributed by atoms with Crippen LogP contribution in [0.2, 0.25) is 0 Å². The predicted molar refractivity (Wildman–Crippen MR) is 69.2 cm³/mol. The van der Waals surface area contributed by atoms with E-state index in [-0.39, 0.29) is 0 Å². The van der Waals surface area contributed by atoms with E-state index in [9.17, 15) is 4.79 Å². The minimum absolute atomic E-state index is 0.438. The Hall–Kier alpha value is -0.870. The van der Waals surface area contributed by atoms with Crippen molar-refractivity contribution >= 4 is 5.97 Å². The van der Waals surface area contributed by atoms with Gasteiger partial charge in [-0.2, -0.15) is 0 Å². The zero-order valence-corrected chi connectivity index (χ0v) is 11.4. The van der Waals surface area contributed by atoms with Crippen LogP contribution >= 0.6 is 0 Å². The third kappa shape index (κ3) is 6.44. The van der Waals surface area contributed by atoms with Crippen LogP contribution in [-0.2, 0) is 9.53 Å². The molecule has 0 aliphatic carbocycles. The fraction of sp³-hybridized carbons (Fsp3) is 0.769. The molecule has 0 radical (unpaired) electrons. The van der Waals surface area contributed by atoms with Gasteiger partial charge >= 0.3 is 5.97 Å². The molecule has 0 aromatic carbocycles. The average Bonchev–Trinajstić information content (AvgIpc) is 2.32. The summed E-state index contributed by atoms with van der Waals surface area (Å²) in [5, 5.41) is 8.95. The fourth-order valence-electron chi connectivity index (χ4n) is 1.57. The van der Waals surface area contributed by atoms with Gasteiger partial charge in [-0.25, -0.2) is 4.79 Å². The zero-order chi connectivity index (χ0) is 13.3. The molecule has 0 aliphatic rings. The van der Waals surface area contributed by atoms with E-state index >= 15 is 0 Å². The normalized spacial score (nSPS) is 14.1. The predicted octanol–water partition coefficient (Wildman–Crippen LogP) is 2.15. The molecule has 0 rings (SSSR count). The smallest absolute Gasteiger partial charge is 0.331 e. The highest BCUT2D eigenvalue weighted by Crippen LogP contribution is 2.06. The van der Waals surface area contributed by atoms with Crippen molar-refractivity contribution in [2.45, 2.75) is 39.7 Å². The lowest BCUT2D eigenvalue weighted by Crippen LogP contribution is -2.35. The number of hydrogen-bond donors (Lipinski definition) is 1. The molecule has 1 atom stereocenters. The Labute approximate surface area is 104 Å². The van der Waals surface area contributed by atoms with Gasteiger partial charge in [0.05, 0.1) is 6.61 Å². The van der Waals surface area contributed by atoms with Gasteiger partial charge in [-0.1, -0.05) is 19.9 Å². The molecule has 0 fully saturated rings. The summed E-state index contributed by atoms with van der Waals surface area (Å²) in [5.41, 5.74) is 0.482. The summed E-state index contributed by atoms with van der Waals surface area (Å²) in [6.07, 6.45) is 3.42. The summed E-state index contributed by atoms with van der Waals surface area (Å²) in [6, 6.07) is 0.438. The van der Waals surface area contributed by atoms with Crippen molar-refractivity contribution in [2.24, 2.45) is 0 Å². The molecule has 0 spiro atoms. The van der Waals surface area contributed by atoms with Crippen LogP contribution in [0.25, 0.3) is 0 Å². The largest absolute Gasteiger partial charge is 0.478 e. The summed E-state index contributed by atoms with van der Waals surface area (Å²) >= 11 is 0. The monoisotopic (exact) mass is 243 g/mol. The maximum Gasteiger partial charge on any atom is 0.331 e. The summed E-state index contributed by atoms with van der Waals surface area (Å²) in [7, 11) is 1.68. The van der Waals surface area contributed by atoms with E-state index in [1.54, 1.807) is 7.11 Å². The summed E-state index contributed by atoms with van der Waals surface area (Å²) < 4.78 is 5.07. The first kappa shape index (κ1) is 16.1. The second kappa shape index (κ2) is 9.19. The summed E-state index contributed by atoms with van der Waals surface area (Å²) in [4.78, 5) is 13.1. The lowest BCUT2D eigenvalue weighted by Gasteiger charge is -2.27. The van der Waals surface area contributed by atoms with Gasteiger partial charge in [-0.3, -0.25) is 4.90 Å². The third-order valence-electron chi connectivity index (χ3n) is 3.02. The fourth-order valence-corrected chi connectivity index (χ4v) is 1.57. The Morgan fingerprint density at radius 1 is 1.47 bits per heavy atom. The van der Waals surface area contributed by atoms with E-state index in [2.05, 4.69) is 18.7 Å². The van der Waals surface area contributed by atoms with Crippen LogP contribution in [0.1, 0.15) is 33.6 Å². The lowest BCUT2D eigenvalue weighted by atomic mass is 10.1. The van der Waals surface area contributed by atoms with Crippen LogP contribution < -0.4 is 0 Å². The van der Waals surface area contributed by atoms with Crippen LogP contribution in [0.4, 0.5) is 0 Å². The molecular formula is C13H25NO3. The molecule has 0 bridgehead atoms. The van der Waals surface area contributed by atoms with Crippen LogP contribution in [0.3, 0.4) is 0 Å². The van der Waals surface area contributed by atoms with Crippen LogP contribution in [-0.4, -0.2) is 48.8 Å². The van der Waals surface area contributed by atoms with Crippen molar-refractivity contribution in [1.82, 2.24) is 4.90 Å². The topological polar surface area (TPSA) is 49.8 Å². The van der Waals surface area contributed by atoms with Gasteiger partial charge in [0.2, 0.25) is 0 Å². The number of carbonyl (C=O) groups is 1. The molecule has 0 saturated heterocycles. The number of hydrogen-bond acceptors (Lipinski definition) is 3. The molecule has 17 heavy (non-hydrogen) atoms. The third-order valence-corrected chi connectivity index (χ3v) is 3.02. The molecular weight excluding hydrogens is 218 g/mol. The van der Waals surface area contributed by atoms with Crippen molar-refractivity contribution in [3.63, 3.8) is 0 Å². The molecule has 0 heterocycles. The van der Waals surface area contributed by atoms with Crippen molar-refractivity contribution in [1.29, 1.82) is 0 Å². The average molecular weight is 243 g/mol. The van der Waals surface area contributed by atoms with Gasteiger partial charge < -0.3 is 9.84 Å². The highest BCUT2D eigenvalue weighted by Gasteiger charge is 2.11. The SMILES string of the molecule is CCC(=CCN(CCOC)C(C)CC)C(=O)O. The number of nitrogens with zero attached hydrogens (tertiary/aromatic N) is 1. The number of rotatable bonds is 9. The number of ether oxygens (including phenoxy) is 1. The highest BCUT2D eigenvalue weighted by atomic mass is 16.5. The Kier molecular flexibility index (Phi) is 8.72. The number of carboxylic acid groups (broad SMARTS) is 1. The van der Waals surface area contributed by atoms with Gasteiger partial charge in [0.1, 0.15) is 0 Å². The van der Waals surface area contributed by atoms with E-state index in [0.29, 0.717) is 31.2 Å². The van der Waals surface area contributed by atoms with Crippen molar-refractivity contribution in [2.75, 3.05) is 26.8 Å². The lowest BCUT2D eigenvalue weighted by molar-refractivity contribution is -0.132. The molecule has 1 N–H and O–H groups in total. The molecule has 1 unspecified atom stereocenters. The molecule has 100 valence electrons. The van der Waals surface area contributed by atoms with E-state index in [4.69, 9.17) is 9.84 Å². The van der Waals surface area contributed by atoms with Crippen molar-refractivity contribution < 1.29 is 14.6 Å². The first-order valence-corrected chi connectivity index (χ1v) is 6.22. The number of methoxy groups -OCH3 is 1. The Bertz CT molecular complexity index is 251. The van der Waals surface area contributed by atoms with Gasteiger partial charge in [-0.05, 0) is 19.8 Å². The zero-order valence-electron chi connectivity index (χ0n) is 11.4.